The van der Waals surface area contributed by atoms with E-state index >= 15 is 0 Å². The average molecular weight is 317 g/mol. The summed E-state index contributed by atoms with van der Waals surface area (Å²) in [5.41, 5.74) is 9.00. The fourth-order valence-corrected chi connectivity index (χ4v) is 3.26. The Bertz CT molecular complexity index is 737. The van der Waals surface area contributed by atoms with Gasteiger partial charge in [0.05, 0.1) is 0 Å². The third-order valence-corrected chi connectivity index (χ3v) is 4.95. The van der Waals surface area contributed by atoms with Crippen LogP contribution in [0.25, 0.3) is 11.1 Å². The predicted octanol–water partition coefficient (Wildman–Crippen LogP) is 6.11. The molecular formula is C23H27N. The van der Waals surface area contributed by atoms with Gasteiger partial charge < -0.3 is 5.32 Å². The lowest BCUT2D eigenvalue weighted by molar-refractivity contribution is 0.829. The number of benzene rings is 2. The maximum atomic E-state index is 4.31. The molecule has 0 aliphatic carbocycles. The second-order valence-corrected chi connectivity index (χ2v) is 6.66. The number of hydrogen-bond acceptors (Lipinski definition) is 1. The van der Waals surface area contributed by atoms with Crippen LogP contribution in [0.3, 0.4) is 0 Å². The van der Waals surface area contributed by atoms with E-state index in [9.17, 15) is 0 Å². The maximum Gasteiger partial charge on any atom is 0.0373 e. The van der Waals surface area contributed by atoms with Crippen LogP contribution >= 0.6 is 0 Å². The van der Waals surface area contributed by atoms with Gasteiger partial charge in [0, 0.05) is 12.2 Å². The first-order valence-corrected chi connectivity index (χ1v) is 8.99. The number of nitrogens with one attached hydrogen (secondary N) is 1. The van der Waals surface area contributed by atoms with Crippen LogP contribution < -0.4 is 5.32 Å². The van der Waals surface area contributed by atoms with E-state index in [1.54, 1.807) is 0 Å². The number of anilines is 1. The molecule has 0 amide bonds. The second-order valence-electron chi connectivity index (χ2n) is 6.66. The number of fused-ring (bicyclic) bond motifs is 1. The Labute approximate surface area is 146 Å². The highest BCUT2D eigenvalue weighted by Gasteiger charge is 2.10. The van der Waals surface area contributed by atoms with Crippen LogP contribution in [0.4, 0.5) is 5.69 Å². The van der Waals surface area contributed by atoms with Gasteiger partial charge in [-0.3, -0.25) is 0 Å². The van der Waals surface area contributed by atoms with Crippen LogP contribution in [-0.2, 0) is 12.8 Å². The molecule has 1 aliphatic rings. The summed E-state index contributed by atoms with van der Waals surface area (Å²) in [6.45, 7) is 11.8. The Morgan fingerprint density at radius 1 is 0.958 bits per heavy atom. The van der Waals surface area contributed by atoms with Gasteiger partial charge in [0.25, 0.3) is 0 Å². The molecule has 1 heteroatoms. The van der Waals surface area contributed by atoms with Gasteiger partial charge >= 0.3 is 0 Å². The molecule has 1 heterocycles. The van der Waals surface area contributed by atoms with Crippen LogP contribution in [0.2, 0.25) is 0 Å². The van der Waals surface area contributed by atoms with Crippen molar-refractivity contribution >= 4 is 16.8 Å². The van der Waals surface area contributed by atoms with E-state index in [0.717, 1.165) is 25.8 Å². The monoisotopic (exact) mass is 317 g/mol. The molecule has 0 aromatic heterocycles. The molecule has 2 aromatic rings. The van der Waals surface area contributed by atoms with Crippen LogP contribution in [0.1, 0.15) is 48.4 Å². The standard InChI is InChI=1S/C23H27N/c1-4-19-9-11-20(12-10-19)17(2)7-8-18(3)21-13-14-23-22(16-21)6-5-15-24-23/h9-14,16,24H,2-8,15H2,1H3. The fourth-order valence-electron chi connectivity index (χ4n) is 3.26. The molecule has 1 N–H and O–H groups in total. The minimum Gasteiger partial charge on any atom is -0.385 e. The largest absolute Gasteiger partial charge is 0.385 e. The predicted molar refractivity (Wildman–Crippen MR) is 106 cm³/mol. The Kier molecular flexibility index (Phi) is 5.20. The SMILES string of the molecule is C=C(CCC(=C)c1ccc2c(c1)CCCN2)c1ccc(CC)cc1. The van der Waals surface area contributed by atoms with Crippen molar-refractivity contribution < 1.29 is 0 Å². The van der Waals surface area contributed by atoms with Gasteiger partial charge in [0.1, 0.15) is 0 Å². The van der Waals surface area contributed by atoms with E-state index in [1.165, 1.54) is 51.9 Å². The zero-order chi connectivity index (χ0) is 16.9. The van der Waals surface area contributed by atoms with E-state index in [1.807, 2.05) is 0 Å². The van der Waals surface area contributed by atoms with Gasteiger partial charge in [-0.05, 0) is 77.6 Å². The zero-order valence-electron chi connectivity index (χ0n) is 14.7. The van der Waals surface area contributed by atoms with Crippen LogP contribution in [0, 0.1) is 0 Å². The van der Waals surface area contributed by atoms with Crippen LogP contribution in [0.15, 0.2) is 55.6 Å². The Morgan fingerprint density at radius 3 is 2.33 bits per heavy atom. The quantitative estimate of drug-likeness (QED) is 0.677. The minimum atomic E-state index is 0.958. The molecule has 124 valence electrons. The summed E-state index contributed by atoms with van der Waals surface area (Å²) in [5.74, 6) is 0. The van der Waals surface area contributed by atoms with Crippen LogP contribution in [0.5, 0.6) is 0 Å². The third kappa shape index (κ3) is 3.79. The van der Waals surface area contributed by atoms with Gasteiger partial charge in [-0.15, -0.1) is 0 Å². The number of allylic oxidation sites excluding steroid dienone is 2. The highest BCUT2D eigenvalue weighted by atomic mass is 14.9. The highest BCUT2D eigenvalue weighted by molar-refractivity contribution is 5.71. The molecule has 0 spiro atoms. The van der Waals surface area contributed by atoms with Gasteiger partial charge in [-0.25, -0.2) is 0 Å². The molecule has 1 aliphatic heterocycles. The molecule has 3 rings (SSSR count). The molecule has 1 nitrogen and oxygen atoms in total. The van der Waals surface area contributed by atoms with Gasteiger partial charge in [0.15, 0.2) is 0 Å². The molecule has 0 fully saturated rings. The Balaban J connectivity index is 1.61. The summed E-state index contributed by atoms with van der Waals surface area (Å²) >= 11 is 0. The van der Waals surface area contributed by atoms with E-state index in [4.69, 9.17) is 0 Å². The first-order chi connectivity index (χ1) is 11.7. The highest BCUT2D eigenvalue weighted by Crippen LogP contribution is 2.29. The van der Waals surface area contributed by atoms with Crippen molar-refractivity contribution in [3.05, 3.63) is 77.9 Å². The summed E-state index contributed by atoms with van der Waals surface area (Å²) in [6.07, 6.45) is 5.38. The second kappa shape index (κ2) is 7.53. The molecule has 24 heavy (non-hydrogen) atoms. The first kappa shape index (κ1) is 16.6. The molecular weight excluding hydrogens is 290 g/mol. The topological polar surface area (TPSA) is 12.0 Å². The molecule has 2 aromatic carbocycles. The normalized spacial score (nSPS) is 13.0. The molecule has 0 unspecified atom stereocenters. The van der Waals surface area contributed by atoms with Gasteiger partial charge in [-0.1, -0.05) is 50.4 Å². The minimum absolute atomic E-state index is 0.958. The summed E-state index contributed by atoms with van der Waals surface area (Å²) < 4.78 is 0. The fraction of sp³-hybridized carbons (Fsp3) is 0.304. The average Bonchev–Trinajstić information content (AvgIpc) is 2.65. The maximum absolute atomic E-state index is 4.31. The van der Waals surface area contributed by atoms with Crippen molar-refractivity contribution in [2.75, 3.05) is 11.9 Å². The van der Waals surface area contributed by atoms with E-state index in [0.29, 0.717) is 0 Å². The summed E-state index contributed by atoms with van der Waals surface area (Å²) in [5, 5.41) is 3.47. The lowest BCUT2D eigenvalue weighted by atomic mass is 9.93. The molecule has 0 bridgehead atoms. The summed E-state index contributed by atoms with van der Waals surface area (Å²) in [6, 6.07) is 15.5. The van der Waals surface area contributed by atoms with E-state index in [2.05, 4.69) is 67.9 Å². The van der Waals surface area contributed by atoms with Crippen molar-refractivity contribution in [1.82, 2.24) is 0 Å². The molecule has 0 saturated carbocycles. The lowest BCUT2D eigenvalue weighted by Gasteiger charge is -2.19. The number of rotatable bonds is 6. The van der Waals surface area contributed by atoms with Crippen molar-refractivity contribution in [1.29, 1.82) is 0 Å². The third-order valence-electron chi connectivity index (χ3n) is 4.95. The smallest absolute Gasteiger partial charge is 0.0373 e. The van der Waals surface area contributed by atoms with Gasteiger partial charge in [-0.2, -0.15) is 0 Å². The van der Waals surface area contributed by atoms with Crippen molar-refractivity contribution in [2.24, 2.45) is 0 Å². The summed E-state index contributed by atoms with van der Waals surface area (Å²) in [4.78, 5) is 0. The molecule has 0 radical (unpaired) electrons. The Hall–Kier alpha value is -2.28. The van der Waals surface area contributed by atoms with Crippen molar-refractivity contribution in [3.63, 3.8) is 0 Å². The lowest BCUT2D eigenvalue weighted by Crippen LogP contribution is -2.11. The van der Waals surface area contributed by atoms with E-state index in [-0.39, 0.29) is 0 Å². The van der Waals surface area contributed by atoms with Gasteiger partial charge in [0.2, 0.25) is 0 Å². The molecule has 0 saturated heterocycles. The van der Waals surface area contributed by atoms with Crippen LogP contribution in [-0.4, -0.2) is 6.54 Å². The van der Waals surface area contributed by atoms with Crippen molar-refractivity contribution in [3.8, 4) is 0 Å². The van der Waals surface area contributed by atoms with Crippen molar-refractivity contribution in [2.45, 2.75) is 39.0 Å². The molecule has 0 atom stereocenters. The zero-order valence-corrected chi connectivity index (χ0v) is 14.7. The van der Waals surface area contributed by atoms with E-state index < -0.39 is 0 Å². The number of hydrogen-bond donors (Lipinski definition) is 1. The Morgan fingerprint density at radius 2 is 1.62 bits per heavy atom. The first-order valence-electron chi connectivity index (χ1n) is 8.99. The number of aryl methyl sites for hydroxylation is 2. The summed E-state index contributed by atoms with van der Waals surface area (Å²) in [7, 11) is 0.